The summed E-state index contributed by atoms with van der Waals surface area (Å²) >= 11 is 0.714. The number of carbonyl (C=O) groups is 2. The maximum absolute atomic E-state index is 14.6. The van der Waals surface area contributed by atoms with E-state index in [0.29, 0.717) is 17.0 Å². The van der Waals surface area contributed by atoms with E-state index in [2.05, 4.69) is 4.74 Å². The number of hydrogen-bond donors (Lipinski definition) is 0. The Bertz CT molecular complexity index is 1240. The maximum Gasteiger partial charge on any atom is 0.325 e. The summed E-state index contributed by atoms with van der Waals surface area (Å²) < 4.78 is 47.6. The van der Waals surface area contributed by atoms with Crippen molar-refractivity contribution < 1.29 is 27.5 Å². The highest BCUT2D eigenvalue weighted by molar-refractivity contribution is 7.10. The second-order valence-corrected chi connectivity index (χ2v) is 7.80. The second kappa shape index (κ2) is 8.03. The van der Waals surface area contributed by atoms with Crippen LogP contribution in [0.5, 0.6) is 0 Å². The number of aromatic nitrogens is 1. The highest BCUT2D eigenvalue weighted by atomic mass is 32.1. The van der Waals surface area contributed by atoms with Crippen LogP contribution in [0.2, 0.25) is 0 Å². The van der Waals surface area contributed by atoms with Crippen molar-refractivity contribution in [3.63, 3.8) is 0 Å². The summed E-state index contributed by atoms with van der Waals surface area (Å²) in [5.74, 6) is -6.58. The molecule has 0 fully saturated rings. The van der Waals surface area contributed by atoms with E-state index in [9.17, 15) is 27.6 Å². The first kappa shape index (κ1) is 20.9. The molecule has 0 saturated carbocycles. The standard InChI is InChI=1S/C21H15F3N2O4S/c1-30-16(28)10-25-20-19(31-21(25)29)13(12-7-8-14(22)18(24)17(12)23)9-15(27)26(20)11-5-3-2-4-6-11/h2-8,13H,9-10H2,1H3/t13-/m1/s1. The lowest BCUT2D eigenvalue weighted by Gasteiger charge is -2.32. The van der Waals surface area contributed by atoms with Gasteiger partial charge in [-0.1, -0.05) is 35.6 Å². The summed E-state index contributed by atoms with van der Waals surface area (Å²) in [6, 6.07) is 10.2. The third-order valence-electron chi connectivity index (χ3n) is 5.02. The van der Waals surface area contributed by atoms with Crippen molar-refractivity contribution in [2.45, 2.75) is 18.9 Å². The highest BCUT2D eigenvalue weighted by Gasteiger charge is 2.40. The van der Waals surface area contributed by atoms with Gasteiger partial charge in [0.25, 0.3) is 0 Å². The van der Waals surface area contributed by atoms with Crippen molar-refractivity contribution in [3.05, 3.63) is 80.0 Å². The Hall–Kier alpha value is -3.40. The van der Waals surface area contributed by atoms with Gasteiger partial charge in [0.2, 0.25) is 5.91 Å². The van der Waals surface area contributed by atoms with Crippen LogP contribution in [0.3, 0.4) is 0 Å². The van der Waals surface area contributed by atoms with E-state index < -0.39 is 46.7 Å². The molecule has 4 rings (SSSR count). The van der Waals surface area contributed by atoms with Gasteiger partial charge in [-0.05, 0) is 18.2 Å². The lowest BCUT2D eigenvalue weighted by molar-refractivity contribution is -0.141. The fraction of sp³-hybridized carbons (Fsp3) is 0.190. The molecular formula is C21H15F3N2O4S. The van der Waals surface area contributed by atoms with Gasteiger partial charge < -0.3 is 4.74 Å². The number of anilines is 2. The molecule has 0 spiro atoms. The van der Waals surface area contributed by atoms with Crippen molar-refractivity contribution in [1.29, 1.82) is 0 Å². The molecule has 1 aliphatic rings. The number of amides is 1. The van der Waals surface area contributed by atoms with Gasteiger partial charge in [0, 0.05) is 17.9 Å². The first-order chi connectivity index (χ1) is 14.8. The van der Waals surface area contributed by atoms with Gasteiger partial charge in [0.15, 0.2) is 17.5 Å². The number of benzene rings is 2. The zero-order valence-corrected chi connectivity index (χ0v) is 16.9. The Balaban J connectivity index is 1.95. The summed E-state index contributed by atoms with van der Waals surface area (Å²) in [4.78, 5) is 38.7. The second-order valence-electron chi connectivity index (χ2n) is 6.80. The molecule has 0 aliphatic carbocycles. The number of thiazole rings is 1. The Morgan fingerprint density at radius 2 is 1.81 bits per heavy atom. The summed E-state index contributed by atoms with van der Waals surface area (Å²) in [6.07, 6.45) is -0.276. The van der Waals surface area contributed by atoms with Crippen LogP contribution in [0.4, 0.5) is 24.7 Å². The van der Waals surface area contributed by atoms with E-state index in [4.69, 9.17) is 0 Å². The smallest absolute Gasteiger partial charge is 0.325 e. The Labute approximate surface area is 178 Å². The number of hydrogen-bond acceptors (Lipinski definition) is 5. The number of methoxy groups -OCH3 is 1. The van der Waals surface area contributed by atoms with Gasteiger partial charge in [0.05, 0.1) is 17.7 Å². The van der Waals surface area contributed by atoms with Crippen LogP contribution >= 0.6 is 11.3 Å². The molecule has 1 atom stereocenters. The fourth-order valence-corrected chi connectivity index (χ4v) is 4.68. The molecule has 6 nitrogen and oxygen atoms in total. The highest BCUT2D eigenvalue weighted by Crippen LogP contribution is 2.45. The molecule has 2 aromatic carbocycles. The van der Waals surface area contributed by atoms with Crippen LogP contribution < -0.4 is 9.77 Å². The average Bonchev–Trinajstić information content (AvgIpc) is 3.08. The van der Waals surface area contributed by atoms with Gasteiger partial charge in [-0.15, -0.1) is 0 Å². The van der Waals surface area contributed by atoms with E-state index >= 15 is 0 Å². The molecule has 0 saturated heterocycles. The van der Waals surface area contributed by atoms with Crippen LogP contribution in [0, 0.1) is 17.5 Å². The van der Waals surface area contributed by atoms with Crippen molar-refractivity contribution in [3.8, 4) is 0 Å². The molecule has 0 radical (unpaired) electrons. The van der Waals surface area contributed by atoms with Crippen molar-refractivity contribution in [1.82, 2.24) is 4.57 Å². The fourth-order valence-electron chi connectivity index (χ4n) is 3.59. The largest absolute Gasteiger partial charge is 0.468 e. The minimum Gasteiger partial charge on any atom is -0.468 e. The number of esters is 1. The Kier molecular flexibility index (Phi) is 5.40. The number of carbonyl (C=O) groups excluding carboxylic acids is 2. The van der Waals surface area contributed by atoms with Gasteiger partial charge >= 0.3 is 10.8 Å². The van der Waals surface area contributed by atoms with Gasteiger partial charge in [-0.3, -0.25) is 23.9 Å². The van der Waals surface area contributed by atoms with E-state index in [1.54, 1.807) is 30.3 Å². The normalized spacial score (nSPS) is 15.7. The number of rotatable bonds is 4. The molecule has 160 valence electrons. The zero-order valence-electron chi connectivity index (χ0n) is 16.1. The summed E-state index contributed by atoms with van der Waals surface area (Å²) in [7, 11) is 1.16. The number of fused-ring (bicyclic) bond motifs is 1. The third-order valence-corrected chi connectivity index (χ3v) is 6.10. The molecule has 2 heterocycles. The zero-order chi connectivity index (χ0) is 22.3. The van der Waals surface area contributed by atoms with E-state index in [1.165, 1.54) is 4.90 Å². The van der Waals surface area contributed by atoms with E-state index in [1.807, 2.05) is 0 Å². The van der Waals surface area contributed by atoms with Crippen molar-refractivity contribution in [2.24, 2.45) is 0 Å². The predicted octanol–water partition coefficient (Wildman–Crippen LogP) is 3.70. The van der Waals surface area contributed by atoms with Crippen LogP contribution in [-0.4, -0.2) is 23.6 Å². The molecule has 0 N–H and O–H groups in total. The topological polar surface area (TPSA) is 68.6 Å². The Morgan fingerprint density at radius 3 is 2.48 bits per heavy atom. The maximum atomic E-state index is 14.6. The number of halogens is 3. The average molecular weight is 448 g/mol. The number of nitrogens with zero attached hydrogens (tertiary/aromatic N) is 2. The van der Waals surface area contributed by atoms with Crippen molar-refractivity contribution >= 4 is 34.7 Å². The SMILES string of the molecule is COC(=O)Cn1c2c(sc1=O)[C@@H](c1ccc(F)c(F)c1F)CC(=O)N2c1ccccc1. The summed E-state index contributed by atoms with van der Waals surface area (Å²) in [6.45, 7) is -0.467. The van der Waals surface area contributed by atoms with Crippen LogP contribution in [0.1, 0.15) is 22.8 Å². The molecule has 31 heavy (non-hydrogen) atoms. The van der Waals surface area contributed by atoms with Gasteiger partial charge in [0.1, 0.15) is 12.4 Å². The van der Waals surface area contributed by atoms with Crippen LogP contribution in [-0.2, 0) is 20.9 Å². The monoisotopic (exact) mass is 448 g/mol. The predicted molar refractivity (Wildman–Crippen MR) is 107 cm³/mol. The number of para-hydroxylation sites is 1. The van der Waals surface area contributed by atoms with Crippen molar-refractivity contribution in [2.75, 3.05) is 12.0 Å². The Morgan fingerprint density at radius 1 is 1.10 bits per heavy atom. The molecule has 10 heteroatoms. The minimum absolute atomic E-state index is 0.0805. The van der Waals surface area contributed by atoms with Gasteiger partial charge in [-0.25, -0.2) is 13.2 Å². The lowest BCUT2D eigenvalue weighted by Crippen LogP contribution is -2.36. The van der Waals surface area contributed by atoms with Crippen LogP contribution in [0.15, 0.2) is 47.3 Å². The molecule has 1 aliphatic heterocycles. The minimum atomic E-state index is -1.65. The van der Waals surface area contributed by atoms with E-state index in [0.717, 1.165) is 23.8 Å². The summed E-state index contributed by atoms with van der Waals surface area (Å²) in [5, 5.41) is 0. The molecule has 1 aromatic heterocycles. The quantitative estimate of drug-likeness (QED) is 0.451. The first-order valence-electron chi connectivity index (χ1n) is 9.15. The molecule has 1 amide bonds. The van der Waals surface area contributed by atoms with Gasteiger partial charge in [-0.2, -0.15) is 0 Å². The lowest BCUT2D eigenvalue weighted by atomic mass is 9.89. The molecule has 0 bridgehead atoms. The number of ether oxygens (including phenoxy) is 1. The third kappa shape index (κ3) is 3.52. The first-order valence-corrected chi connectivity index (χ1v) is 9.96. The molecule has 3 aromatic rings. The van der Waals surface area contributed by atoms with E-state index in [-0.39, 0.29) is 22.7 Å². The summed E-state index contributed by atoms with van der Waals surface area (Å²) in [5.41, 5.74) is 0.196. The van der Waals surface area contributed by atoms with Crippen LogP contribution in [0.25, 0.3) is 0 Å². The molecule has 0 unspecified atom stereocenters. The molecular weight excluding hydrogens is 433 g/mol.